The highest BCUT2D eigenvalue weighted by Gasteiger charge is 2.63. The molecule has 3 unspecified atom stereocenters. The van der Waals surface area contributed by atoms with Crippen molar-refractivity contribution in [3.63, 3.8) is 0 Å². The molecule has 0 aliphatic heterocycles. The average molecular weight is 265 g/mol. The highest BCUT2D eigenvalue weighted by Crippen LogP contribution is 2.66. The van der Waals surface area contributed by atoms with Crippen molar-refractivity contribution >= 4 is 5.97 Å². The van der Waals surface area contributed by atoms with Gasteiger partial charge in [-0.05, 0) is 49.9 Å². The van der Waals surface area contributed by atoms with E-state index in [1.165, 1.54) is 12.8 Å². The predicted molar refractivity (Wildman–Crippen MR) is 74.4 cm³/mol. The molecule has 3 heteroatoms. The standard InChI is InChI=1S/C16H27NO2/c1-15(2)11-6-7-16(15,3)13(9-11)19-14(18)10-4-5-12(17)8-10/h10-13H,4-9,17H2,1-3H3/t10-,11?,12+,13?,16?/m1/s1. The van der Waals surface area contributed by atoms with Gasteiger partial charge < -0.3 is 10.5 Å². The van der Waals surface area contributed by atoms with Crippen LogP contribution in [0, 0.1) is 22.7 Å². The average Bonchev–Trinajstić information content (AvgIpc) is 2.91. The van der Waals surface area contributed by atoms with Crippen molar-refractivity contribution in [2.45, 2.75) is 71.4 Å². The van der Waals surface area contributed by atoms with Crippen molar-refractivity contribution in [3.05, 3.63) is 0 Å². The number of esters is 1. The van der Waals surface area contributed by atoms with Crippen molar-refractivity contribution < 1.29 is 9.53 Å². The largest absolute Gasteiger partial charge is 0.462 e. The van der Waals surface area contributed by atoms with Crippen molar-refractivity contribution in [2.24, 2.45) is 28.4 Å². The minimum absolute atomic E-state index is 0.0162. The van der Waals surface area contributed by atoms with Gasteiger partial charge in [0.25, 0.3) is 0 Å². The fourth-order valence-corrected chi connectivity index (χ4v) is 4.78. The number of rotatable bonds is 2. The summed E-state index contributed by atoms with van der Waals surface area (Å²) in [6, 6.07) is 0.199. The molecule has 0 aromatic rings. The van der Waals surface area contributed by atoms with Crippen LogP contribution in [0.5, 0.6) is 0 Å². The van der Waals surface area contributed by atoms with Crippen LogP contribution in [0.1, 0.15) is 59.3 Å². The van der Waals surface area contributed by atoms with Crippen LogP contribution in [-0.4, -0.2) is 18.1 Å². The van der Waals surface area contributed by atoms with Crippen molar-refractivity contribution in [3.8, 4) is 0 Å². The second kappa shape index (κ2) is 4.21. The van der Waals surface area contributed by atoms with Crippen LogP contribution < -0.4 is 5.73 Å². The summed E-state index contributed by atoms with van der Waals surface area (Å²) < 4.78 is 5.92. The molecule has 5 atom stereocenters. The van der Waals surface area contributed by atoms with Gasteiger partial charge in [-0.15, -0.1) is 0 Å². The molecule has 108 valence electrons. The molecule has 0 amide bonds. The number of ether oxygens (including phenoxy) is 1. The highest BCUT2D eigenvalue weighted by molar-refractivity contribution is 5.73. The smallest absolute Gasteiger partial charge is 0.309 e. The summed E-state index contributed by atoms with van der Waals surface area (Å²) >= 11 is 0. The van der Waals surface area contributed by atoms with Gasteiger partial charge in [0.05, 0.1) is 5.92 Å². The molecule has 3 fully saturated rings. The lowest BCUT2D eigenvalue weighted by atomic mass is 9.70. The first-order valence-electron chi connectivity index (χ1n) is 7.80. The molecule has 0 heterocycles. The first kappa shape index (κ1) is 13.4. The van der Waals surface area contributed by atoms with Crippen LogP contribution in [0.25, 0.3) is 0 Å². The van der Waals surface area contributed by atoms with E-state index in [1.807, 2.05) is 0 Å². The number of carbonyl (C=O) groups excluding carboxylic acids is 1. The molecule has 3 aliphatic carbocycles. The third-order valence-electron chi connectivity index (χ3n) is 6.78. The van der Waals surface area contributed by atoms with Gasteiger partial charge in [-0.1, -0.05) is 20.8 Å². The zero-order valence-electron chi connectivity index (χ0n) is 12.4. The van der Waals surface area contributed by atoms with E-state index in [-0.39, 0.29) is 29.4 Å². The fourth-order valence-electron chi connectivity index (χ4n) is 4.78. The van der Waals surface area contributed by atoms with Gasteiger partial charge in [-0.25, -0.2) is 0 Å². The molecule has 0 spiro atoms. The molecule has 0 aromatic carbocycles. The predicted octanol–water partition coefficient (Wildman–Crippen LogP) is 2.87. The third-order valence-corrected chi connectivity index (χ3v) is 6.78. The van der Waals surface area contributed by atoms with Gasteiger partial charge in [0.15, 0.2) is 0 Å². The molecular formula is C16H27NO2. The Morgan fingerprint density at radius 2 is 1.89 bits per heavy atom. The summed E-state index contributed by atoms with van der Waals surface area (Å²) in [5.41, 5.74) is 6.38. The first-order chi connectivity index (χ1) is 8.84. The molecule has 0 aromatic heterocycles. The van der Waals surface area contributed by atoms with Gasteiger partial charge in [0.2, 0.25) is 0 Å². The molecule has 3 aliphatic rings. The molecule has 3 rings (SSSR count). The maximum absolute atomic E-state index is 12.3. The summed E-state index contributed by atoms with van der Waals surface area (Å²) in [7, 11) is 0. The van der Waals surface area contributed by atoms with Crippen LogP contribution in [0.15, 0.2) is 0 Å². The maximum atomic E-state index is 12.3. The fraction of sp³-hybridized carbons (Fsp3) is 0.938. The Morgan fingerprint density at radius 1 is 1.16 bits per heavy atom. The summed E-state index contributed by atoms with van der Waals surface area (Å²) in [4.78, 5) is 12.3. The molecule has 2 N–H and O–H groups in total. The Kier molecular flexibility index (Phi) is 2.97. The Bertz CT molecular complexity index is 392. The SMILES string of the molecule is CC1(C)C2CCC1(C)C(OC(=O)[C@@H]1CC[C@H](N)C1)C2. The quantitative estimate of drug-likeness (QED) is 0.781. The minimum Gasteiger partial charge on any atom is -0.462 e. The van der Waals surface area contributed by atoms with Gasteiger partial charge in [0.1, 0.15) is 6.10 Å². The molecule has 2 bridgehead atoms. The Balaban J connectivity index is 1.67. The monoisotopic (exact) mass is 265 g/mol. The minimum atomic E-state index is 0.0162. The van der Waals surface area contributed by atoms with Crippen LogP contribution in [0.3, 0.4) is 0 Å². The van der Waals surface area contributed by atoms with E-state index >= 15 is 0 Å². The molecular weight excluding hydrogens is 238 g/mol. The van der Waals surface area contributed by atoms with Gasteiger partial charge in [0, 0.05) is 11.5 Å². The second-order valence-electron chi connectivity index (χ2n) is 7.81. The Morgan fingerprint density at radius 3 is 2.37 bits per heavy atom. The van der Waals surface area contributed by atoms with E-state index in [2.05, 4.69) is 20.8 Å². The second-order valence-corrected chi connectivity index (χ2v) is 7.81. The van der Waals surface area contributed by atoms with E-state index < -0.39 is 0 Å². The lowest BCUT2D eigenvalue weighted by molar-refractivity contribution is -0.161. The van der Waals surface area contributed by atoms with Crippen molar-refractivity contribution in [1.82, 2.24) is 0 Å². The van der Waals surface area contributed by atoms with Gasteiger partial charge in [-0.3, -0.25) is 4.79 Å². The van der Waals surface area contributed by atoms with Crippen LogP contribution in [0.4, 0.5) is 0 Å². The van der Waals surface area contributed by atoms with E-state index in [9.17, 15) is 4.79 Å². The molecule has 0 radical (unpaired) electrons. The number of hydrogen-bond donors (Lipinski definition) is 1. The zero-order valence-corrected chi connectivity index (χ0v) is 12.4. The molecule has 3 saturated carbocycles. The van der Waals surface area contributed by atoms with Crippen LogP contribution in [-0.2, 0) is 9.53 Å². The lowest BCUT2D eigenvalue weighted by Crippen LogP contribution is -2.39. The molecule has 0 saturated heterocycles. The molecule has 3 nitrogen and oxygen atoms in total. The van der Waals surface area contributed by atoms with E-state index in [4.69, 9.17) is 10.5 Å². The maximum Gasteiger partial charge on any atom is 0.309 e. The summed E-state index contributed by atoms with van der Waals surface area (Å²) in [5.74, 6) is 0.796. The molecule has 19 heavy (non-hydrogen) atoms. The Hall–Kier alpha value is -0.570. The van der Waals surface area contributed by atoms with E-state index in [0.29, 0.717) is 5.41 Å². The summed E-state index contributed by atoms with van der Waals surface area (Å²) in [5, 5.41) is 0. The number of fused-ring (bicyclic) bond motifs is 2. The third kappa shape index (κ3) is 1.84. The van der Waals surface area contributed by atoms with Crippen LogP contribution in [0.2, 0.25) is 0 Å². The topological polar surface area (TPSA) is 52.3 Å². The van der Waals surface area contributed by atoms with Gasteiger partial charge >= 0.3 is 5.97 Å². The van der Waals surface area contributed by atoms with Crippen molar-refractivity contribution in [2.75, 3.05) is 0 Å². The summed E-state index contributed by atoms with van der Waals surface area (Å²) in [6.07, 6.45) is 6.39. The van der Waals surface area contributed by atoms with E-state index in [0.717, 1.165) is 31.6 Å². The lowest BCUT2D eigenvalue weighted by Gasteiger charge is -2.38. The Labute approximate surface area is 116 Å². The van der Waals surface area contributed by atoms with Crippen LogP contribution >= 0.6 is 0 Å². The summed E-state index contributed by atoms with van der Waals surface area (Å²) in [6.45, 7) is 7.02. The number of hydrogen-bond acceptors (Lipinski definition) is 3. The first-order valence-corrected chi connectivity index (χ1v) is 7.80. The van der Waals surface area contributed by atoms with Crippen molar-refractivity contribution in [1.29, 1.82) is 0 Å². The zero-order chi connectivity index (χ0) is 13.8. The van der Waals surface area contributed by atoms with E-state index in [1.54, 1.807) is 0 Å². The normalized spacial score (nSPS) is 47.6. The number of nitrogens with two attached hydrogens (primary N) is 1. The number of carbonyl (C=O) groups is 1. The van der Waals surface area contributed by atoms with Gasteiger partial charge in [-0.2, -0.15) is 0 Å². The highest BCUT2D eigenvalue weighted by atomic mass is 16.5.